The molecule has 4 aromatic rings. The van der Waals surface area contributed by atoms with Crippen LogP contribution in [0.15, 0.2) is 47.9 Å². The number of halogens is 2. The van der Waals surface area contributed by atoms with Crippen LogP contribution in [0.1, 0.15) is 44.4 Å². The standard InChI is InChI=1S/C32H33ClFN7O3/c1-6-22(43)39-14-18(5)40-19(15-39)11-13-36-27-24-30(37-28(25(27)34)23-20(33)8-7-9-21(23)42)41(32(44)38-31(24)40)29-17(4)10-12-35-26(29)16(2)3/h6-10,12,16,18-19,36,42H,1,11,13-15H2,2-5H3. The number of fused-ring (bicyclic) bond motifs is 2. The molecule has 228 valence electrons. The lowest BCUT2D eigenvalue weighted by Gasteiger charge is -2.47. The van der Waals surface area contributed by atoms with Crippen molar-refractivity contribution in [2.75, 3.05) is 29.9 Å². The summed E-state index contributed by atoms with van der Waals surface area (Å²) in [7, 11) is 0. The van der Waals surface area contributed by atoms with Gasteiger partial charge in [0, 0.05) is 31.9 Å². The second-order valence-corrected chi connectivity index (χ2v) is 12.0. The lowest BCUT2D eigenvalue weighted by atomic mass is 9.99. The van der Waals surface area contributed by atoms with Crippen LogP contribution in [0.2, 0.25) is 5.02 Å². The highest BCUT2D eigenvalue weighted by atomic mass is 35.5. The Bertz CT molecular complexity index is 1870. The van der Waals surface area contributed by atoms with E-state index in [1.54, 1.807) is 29.3 Å². The molecule has 1 amide bonds. The van der Waals surface area contributed by atoms with Gasteiger partial charge in [0.1, 0.15) is 17.3 Å². The number of aromatic nitrogens is 4. The summed E-state index contributed by atoms with van der Waals surface area (Å²) >= 11 is 6.50. The number of hydrogen-bond donors (Lipinski definition) is 2. The molecule has 1 fully saturated rings. The van der Waals surface area contributed by atoms with Gasteiger partial charge in [0.15, 0.2) is 11.5 Å². The predicted octanol–water partition coefficient (Wildman–Crippen LogP) is 5.18. The maximum Gasteiger partial charge on any atom is 0.355 e. The average Bonchev–Trinajstić information content (AvgIpc) is 2.97. The monoisotopic (exact) mass is 617 g/mol. The average molecular weight is 618 g/mol. The van der Waals surface area contributed by atoms with Gasteiger partial charge in [-0.25, -0.2) is 18.7 Å². The van der Waals surface area contributed by atoms with Crippen molar-refractivity contribution in [2.24, 2.45) is 0 Å². The van der Waals surface area contributed by atoms with Gasteiger partial charge in [-0.3, -0.25) is 9.78 Å². The van der Waals surface area contributed by atoms with Crippen LogP contribution in [0.5, 0.6) is 5.75 Å². The summed E-state index contributed by atoms with van der Waals surface area (Å²) in [5.74, 6) is -0.934. The Morgan fingerprint density at radius 2 is 2.02 bits per heavy atom. The Hall–Kier alpha value is -4.51. The first kappa shape index (κ1) is 29.6. The number of amides is 1. The van der Waals surface area contributed by atoms with Gasteiger partial charge in [-0.05, 0) is 56.0 Å². The Morgan fingerprint density at radius 1 is 1.25 bits per heavy atom. The van der Waals surface area contributed by atoms with E-state index in [0.717, 1.165) is 5.56 Å². The van der Waals surface area contributed by atoms with Gasteiger partial charge in [0.05, 0.1) is 39.1 Å². The highest BCUT2D eigenvalue weighted by Gasteiger charge is 2.39. The van der Waals surface area contributed by atoms with E-state index >= 15 is 4.39 Å². The molecule has 6 rings (SSSR count). The smallest absolute Gasteiger partial charge is 0.355 e. The van der Waals surface area contributed by atoms with Crippen LogP contribution >= 0.6 is 11.6 Å². The minimum Gasteiger partial charge on any atom is -0.507 e. The summed E-state index contributed by atoms with van der Waals surface area (Å²) in [5, 5.41) is 14.5. The normalized spacial score (nSPS) is 18.1. The van der Waals surface area contributed by atoms with Crippen molar-refractivity contribution < 1.29 is 14.3 Å². The Morgan fingerprint density at radius 3 is 2.73 bits per heavy atom. The minimum atomic E-state index is -0.729. The molecule has 3 aromatic heterocycles. The van der Waals surface area contributed by atoms with Gasteiger partial charge in [-0.1, -0.05) is 38.1 Å². The lowest BCUT2D eigenvalue weighted by molar-refractivity contribution is -0.127. The molecular weight excluding hydrogens is 585 g/mol. The number of nitrogens with zero attached hydrogens (tertiary/aromatic N) is 6. The van der Waals surface area contributed by atoms with Gasteiger partial charge in [-0.2, -0.15) is 4.98 Å². The number of hydrogen-bond acceptors (Lipinski definition) is 8. The van der Waals surface area contributed by atoms with Crippen LogP contribution in [-0.4, -0.2) is 67.2 Å². The van der Waals surface area contributed by atoms with Crippen LogP contribution in [0.4, 0.5) is 15.9 Å². The number of phenols is 1. The van der Waals surface area contributed by atoms with Crippen molar-refractivity contribution >= 4 is 40.0 Å². The third-order valence-corrected chi connectivity index (χ3v) is 8.71. The third-order valence-electron chi connectivity index (χ3n) is 8.39. The Labute approximate surface area is 258 Å². The molecule has 5 heterocycles. The quantitative estimate of drug-likeness (QED) is 0.301. The predicted molar refractivity (Wildman–Crippen MR) is 169 cm³/mol. The first-order valence-electron chi connectivity index (χ1n) is 14.6. The highest BCUT2D eigenvalue weighted by Crippen LogP contribution is 2.44. The van der Waals surface area contributed by atoms with Crippen molar-refractivity contribution in [3.8, 4) is 22.7 Å². The number of anilines is 2. The number of rotatable bonds is 4. The number of aromatic hydroxyl groups is 1. The Kier molecular flexibility index (Phi) is 7.53. The topological polar surface area (TPSA) is 116 Å². The fraction of sp³-hybridized carbons (Fsp3) is 0.344. The van der Waals surface area contributed by atoms with Crippen LogP contribution in [0.3, 0.4) is 0 Å². The van der Waals surface area contributed by atoms with Crippen molar-refractivity contribution in [1.82, 2.24) is 24.4 Å². The molecule has 12 heteroatoms. The molecule has 2 aliphatic rings. The SMILES string of the molecule is C=CC(=O)N1CC(C)N2c3nc(=O)n(-c4c(C)ccnc4C(C)C)c4nc(-c5c(O)cccc5Cl)c(F)c(c34)NCCC2C1. The molecule has 1 saturated heterocycles. The maximum atomic E-state index is 16.7. The van der Waals surface area contributed by atoms with E-state index in [4.69, 9.17) is 16.6 Å². The molecule has 0 aliphatic carbocycles. The molecule has 2 atom stereocenters. The third kappa shape index (κ3) is 4.66. The fourth-order valence-electron chi connectivity index (χ4n) is 6.43. The van der Waals surface area contributed by atoms with E-state index in [9.17, 15) is 14.7 Å². The van der Waals surface area contributed by atoms with Gasteiger partial charge in [-0.15, -0.1) is 0 Å². The zero-order valence-corrected chi connectivity index (χ0v) is 25.7. The number of piperazine rings is 1. The zero-order valence-electron chi connectivity index (χ0n) is 24.9. The van der Waals surface area contributed by atoms with Crippen molar-refractivity contribution in [3.05, 3.63) is 75.7 Å². The summed E-state index contributed by atoms with van der Waals surface area (Å²) in [4.78, 5) is 44.5. The minimum absolute atomic E-state index is 0.0147. The lowest BCUT2D eigenvalue weighted by Crippen LogP contribution is -2.60. The van der Waals surface area contributed by atoms with E-state index in [1.807, 2.05) is 32.6 Å². The van der Waals surface area contributed by atoms with E-state index < -0.39 is 11.5 Å². The molecule has 0 bridgehead atoms. The fourth-order valence-corrected chi connectivity index (χ4v) is 6.69. The van der Waals surface area contributed by atoms with E-state index in [2.05, 4.69) is 21.9 Å². The first-order valence-corrected chi connectivity index (χ1v) is 14.9. The second-order valence-electron chi connectivity index (χ2n) is 11.6. The van der Waals surface area contributed by atoms with Gasteiger partial charge in [0.2, 0.25) is 5.91 Å². The molecule has 2 N–H and O–H groups in total. The number of pyridine rings is 2. The van der Waals surface area contributed by atoms with Crippen LogP contribution < -0.4 is 15.9 Å². The summed E-state index contributed by atoms with van der Waals surface area (Å²) < 4.78 is 18.1. The molecule has 2 unspecified atom stereocenters. The zero-order chi connectivity index (χ0) is 31.4. The number of carbonyl (C=O) groups excluding carboxylic acids is 1. The molecule has 0 radical (unpaired) electrons. The maximum absolute atomic E-state index is 16.7. The Balaban J connectivity index is 1.74. The van der Waals surface area contributed by atoms with Crippen molar-refractivity contribution in [1.29, 1.82) is 0 Å². The van der Waals surface area contributed by atoms with E-state index in [0.29, 0.717) is 42.8 Å². The van der Waals surface area contributed by atoms with Gasteiger partial charge >= 0.3 is 5.69 Å². The molecule has 0 saturated carbocycles. The molecule has 1 aromatic carbocycles. The molecular formula is C32H33ClFN7O3. The van der Waals surface area contributed by atoms with Crippen LogP contribution in [0, 0.1) is 12.7 Å². The molecule has 10 nitrogen and oxygen atoms in total. The second kappa shape index (κ2) is 11.2. The van der Waals surface area contributed by atoms with Crippen LogP contribution in [-0.2, 0) is 4.79 Å². The van der Waals surface area contributed by atoms with Gasteiger partial charge < -0.3 is 20.2 Å². The van der Waals surface area contributed by atoms with Crippen LogP contribution in [0.25, 0.3) is 28.0 Å². The van der Waals surface area contributed by atoms with E-state index in [1.165, 1.54) is 16.7 Å². The largest absolute Gasteiger partial charge is 0.507 e. The van der Waals surface area contributed by atoms with Crippen molar-refractivity contribution in [3.63, 3.8) is 0 Å². The number of aryl methyl sites for hydroxylation is 1. The number of benzene rings is 1. The van der Waals surface area contributed by atoms with Gasteiger partial charge in [0.25, 0.3) is 0 Å². The number of nitrogens with one attached hydrogen (secondary N) is 1. The van der Waals surface area contributed by atoms with Crippen molar-refractivity contribution in [2.45, 2.75) is 52.1 Å². The number of phenolic OH excluding ortho intramolecular Hbond substituents is 1. The molecule has 2 aliphatic heterocycles. The molecule has 0 spiro atoms. The number of carbonyl (C=O) groups is 1. The first-order chi connectivity index (χ1) is 21.0. The molecule has 44 heavy (non-hydrogen) atoms. The highest BCUT2D eigenvalue weighted by molar-refractivity contribution is 6.33. The summed E-state index contributed by atoms with van der Waals surface area (Å²) in [6, 6.07) is 5.84. The summed E-state index contributed by atoms with van der Waals surface area (Å²) in [6.45, 7) is 12.5. The summed E-state index contributed by atoms with van der Waals surface area (Å²) in [6.07, 6.45) is 3.51. The summed E-state index contributed by atoms with van der Waals surface area (Å²) in [5.41, 5.74) is 1.38. The van der Waals surface area contributed by atoms with E-state index in [-0.39, 0.29) is 63.1 Å².